The Hall–Kier alpha value is -7.89. The summed E-state index contributed by atoms with van der Waals surface area (Å²) in [4.78, 5) is 17.5. The first-order chi connectivity index (χ1) is 28.7. The maximum atomic E-state index is 6.56. The smallest absolute Gasteiger partial charge is 0.164 e. The highest BCUT2D eigenvalue weighted by Crippen LogP contribution is 2.40. The predicted octanol–water partition coefficient (Wildman–Crippen LogP) is 14.2. The van der Waals surface area contributed by atoms with Gasteiger partial charge >= 0.3 is 0 Å². The fraction of sp³-hybridized carbons (Fsp3) is 0. The monoisotopic (exact) mass is 742 g/mol. The third-order valence-corrected chi connectivity index (χ3v) is 10.9. The molecule has 0 saturated carbocycles. The summed E-state index contributed by atoms with van der Waals surface area (Å²) < 4.78 is 6.56. The van der Waals surface area contributed by atoms with Gasteiger partial charge < -0.3 is 9.32 Å². The van der Waals surface area contributed by atoms with Crippen LogP contribution in [0, 0.1) is 0 Å². The van der Waals surface area contributed by atoms with Crippen LogP contribution in [0.5, 0.6) is 0 Å². The van der Waals surface area contributed by atoms with Crippen LogP contribution in [0.2, 0.25) is 0 Å². The summed E-state index contributed by atoms with van der Waals surface area (Å²) in [6.07, 6.45) is 0. The van der Waals surface area contributed by atoms with E-state index in [0.717, 1.165) is 66.5 Å². The second-order valence-corrected chi connectivity index (χ2v) is 14.5. The summed E-state index contributed by atoms with van der Waals surface area (Å²) in [5, 5.41) is 6.65. The molecule has 0 saturated heterocycles. The van der Waals surface area contributed by atoms with Crippen molar-refractivity contribution in [3.8, 4) is 45.3 Å². The molecule has 5 nitrogen and oxygen atoms in total. The highest BCUT2D eigenvalue weighted by molar-refractivity contribution is 6.07. The fourth-order valence-corrected chi connectivity index (χ4v) is 7.92. The molecule has 2 heterocycles. The predicted molar refractivity (Wildman–Crippen MR) is 239 cm³/mol. The summed E-state index contributed by atoms with van der Waals surface area (Å²) in [7, 11) is 0. The molecule has 0 radical (unpaired) electrons. The molecule has 272 valence electrons. The van der Waals surface area contributed by atoms with Crippen LogP contribution in [0.4, 0.5) is 17.1 Å². The summed E-state index contributed by atoms with van der Waals surface area (Å²) in [5.74, 6) is 1.82. The SMILES string of the molecule is c1ccc(-c2ccc(N(c3ccccc3)c3ccc4oc5cc(-c6nc(-c7ccc8ccccc8c7)nc(-c7ccc8ccccc8c7)n6)ccc5c4c3)cc2)cc1. The summed E-state index contributed by atoms with van der Waals surface area (Å²) in [6, 6.07) is 71.8. The van der Waals surface area contributed by atoms with Crippen LogP contribution in [-0.4, -0.2) is 15.0 Å². The largest absolute Gasteiger partial charge is 0.456 e. The van der Waals surface area contributed by atoms with Gasteiger partial charge in [-0.2, -0.15) is 0 Å². The minimum atomic E-state index is 0.582. The van der Waals surface area contributed by atoms with Crippen molar-refractivity contribution >= 4 is 60.5 Å². The lowest BCUT2D eigenvalue weighted by molar-refractivity contribution is 0.669. The molecule has 58 heavy (non-hydrogen) atoms. The van der Waals surface area contributed by atoms with Gasteiger partial charge in [0, 0.05) is 44.5 Å². The lowest BCUT2D eigenvalue weighted by Crippen LogP contribution is -2.09. The Balaban J connectivity index is 1.01. The number of anilines is 3. The topological polar surface area (TPSA) is 55.1 Å². The van der Waals surface area contributed by atoms with Crippen molar-refractivity contribution in [2.75, 3.05) is 4.90 Å². The van der Waals surface area contributed by atoms with Crippen molar-refractivity contribution in [1.82, 2.24) is 15.0 Å². The number of hydrogen-bond donors (Lipinski definition) is 0. The maximum Gasteiger partial charge on any atom is 0.164 e. The molecule has 9 aromatic carbocycles. The molecule has 0 aliphatic heterocycles. The minimum absolute atomic E-state index is 0.582. The molecule has 11 aromatic rings. The number of aromatic nitrogens is 3. The van der Waals surface area contributed by atoms with E-state index in [2.05, 4.69) is 199 Å². The number of nitrogens with zero attached hydrogens (tertiary/aromatic N) is 4. The summed E-state index contributed by atoms with van der Waals surface area (Å²) in [6.45, 7) is 0. The third-order valence-electron chi connectivity index (χ3n) is 10.9. The third kappa shape index (κ3) is 6.12. The molecule has 0 bridgehead atoms. The first kappa shape index (κ1) is 33.4. The highest BCUT2D eigenvalue weighted by Gasteiger charge is 2.18. The molecule has 0 spiro atoms. The van der Waals surface area contributed by atoms with E-state index < -0.39 is 0 Å². The zero-order chi connectivity index (χ0) is 38.4. The first-order valence-electron chi connectivity index (χ1n) is 19.4. The Morgan fingerprint density at radius 3 is 1.38 bits per heavy atom. The van der Waals surface area contributed by atoms with E-state index in [1.807, 2.05) is 12.1 Å². The second kappa shape index (κ2) is 14.0. The van der Waals surface area contributed by atoms with Gasteiger partial charge in [-0.3, -0.25) is 0 Å². The molecule has 0 unspecified atom stereocenters. The fourth-order valence-electron chi connectivity index (χ4n) is 7.92. The van der Waals surface area contributed by atoms with Crippen molar-refractivity contribution in [1.29, 1.82) is 0 Å². The number of rotatable bonds is 7. The zero-order valence-corrected chi connectivity index (χ0v) is 31.3. The number of hydrogen-bond acceptors (Lipinski definition) is 5. The molecule has 0 aliphatic rings. The molecular weight excluding hydrogens is 709 g/mol. The van der Waals surface area contributed by atoms with E-state index in [-0.39, 0.29) is 0 Å². The molecule has 5 heteroatoms. The molecule has 0 fully saturated rings. The quantitative estimate of drug-likeness (QED) is 0.163. The van der Waals surface area contributed by atoms with Crippen LogP contribution in [0.1, 0.15) is 0 Å². The van der Waals surface area contributed by atoms with E-state index in [0.29, 0.717) is 17.5 Å². The molecule has 2 aromatic heterocycles. The summed E-state index contributed by atoms with van der Waals surface area (Å²) >= 11 is 0. The Bertz CT molecular complexity index is 3190. The van der Waals surface area contributed by atoms with E-state index in [9.17, 15) is 0 Å². The Labute approximate surface area is 335 Å². The van der Waals surface area contributed by atoms with Crippen LogP contribution >= 0.6 is 0 Å². The van der Waals surface area contributed by atoms with Gasteiger partial charge in [-0.1, -0.05) is 140 Å². The second-order valence-electron chi connectivity index (χ2n) is 14.5. The van der Waals surface area contributed by atoms with Crippen molar-refractivity contribution in [3.05, 3.63) is 206 Å². The minimum Gasteiger partial charge on any atom is -0.456 e. The van der Waals surface area contributed by atoms with E-state index in [1.54, 1.807) is 0 Å². The summed E-state index contributed by atoms with van der Waals surface area (Å²) in [5.41, 5.74) is 9.84. The van der Waals surface area contributed by atoms with Crippen molar-refractivity contribution in [2.24, 2.45) is 0 Å². The lowest BCUT2D eigenvalue weighted by atomic mass is 10.0. The van der Waals surface area contributed by atoms with Gasteiger partial charge in [0.2, 0.25) is 0 Å². The number of furan rings is 1. The molecule has 0 aliphatic carbocycles. The van der Waals surface area contributed by atoms with Crippen molar-refractivity contribution in [2.45, 2.75) is 0 Å². The Morgan fingerprint density at radius 1 is 0.293 bits per heavy atom. The number of fused-ring (bicyclic) bond motifs is 5. The van der Waals surface area contributed by atoms with E-state index >= 15 is 0 Å². The van der Waals surface area contributed by atoms with Crippen molar-refractivity contribution < 1.29 is 4.42 Å². The molecule has 0 amide bonds. The lowest BCUT2D eigenvalue weighted by Gasteiger charge is -2.25. The Kier molecular flexibility index (Phi) is 8.07. The van der Waals surface area contributed by atoms with Crippen LogP contribution in [-0.2, 0) is 0 Å². The van der Waals surface area contributed by atoms with Gasteiger partial charge in [-0.25, -0.2) is 15.0 Å². The first-order valence-corrected chi connectivity index (χ1v) is 19.4. The normalized spacial score (nSPS) is 11.4. The Morgan fingerprint density at radius 2 is 0.759 bits per heavy atom. The number of benzene rings is 9. The van der Waals surface area contributed by atoms with Gasteiger partial charge in [0.15, 0.2) is 17.5 Å². The van der Waals surface area contributed by atoms with Gasteiger partial charge in [0.25, 0.3) is 0 Å². The van der Waals surface area contributed by atoms with Crippen LogP contribution in [0.15, 0.2) is 211 Å². The standard InChI is InChI=1S/C53H34N4O/c1-3-11-35(12-4-1)38-23-26-45(27-24-38)57(44-17-5-2-6-18-44)46-28-30-49-48(34-46)47-29-25-43(33-50(47)58-49)53-55-51(41-21-19-36-13-7-9-15-39(36)31-41)54-52(56-53)42-22-20-37-14-8-10-16-40(37)32-42/h1-34H. The van der Waals surface area contributed by atoms with Crippen molar-refractivity contribution in [3.63, 3.8) is 0 Å². The molecular formula is C53H34N4O. The average Bonchev–Trinajstić information content (AvgIpc) is 3.67. The zero-order valence-electron chi connectivity index (χ0n) is 31.3. The van der Waals surface area contributed by atoms with Crippen LogP contribution in [0.25, 0.3) is 88.8 Å². The van der Waals surface area contributed by atoms with Crippen LogP contribution < -0.4 is 4.90 Å². The molecule has 0 N–H and O–H groups in total. The van der Waals surface area contributed by atoms with E-state index in [4.69, 9.17) is 19.4 Å². The maximum absolute atomic E-state index is 6.56. The molecule has 0 atom stereocenters. The average molecular weight is 743 g/mol. The number of para-hydroxylation sites is 1. The van der Waals surface area contributed by atoms with Gasteiger partial charge in [-0.05, 0) is 99.4 Å². The highest BCUT2D eigenvalue weighted by atomic mass is 16.3. The van der Waals surface area contributed by atoms with Crippen LogP contribution in [0.3, 0.4) is 0 Å². The van der Waals surface area contributed by atoms with Gasteiger partial charge in [0.05, 0.1) is 0 Å². The van der Waals surface area contributed by atoms with E-state index in [1.165, 1.54) is 21.9 Å². The molecule has 11 rings (SSSR count). The van der Waals surface area contributed by atoms with Gasteiger partial charge in [-0.15, -0.1) is 0 Å². The van der Waals surface area contributed by atoms with Gasteiger partial charge in [0.1, 0.15) is 11.2 Å².